The zero-order chi connectivity index (χ0) is 16.1. The minimum atomic E-state index is -0.187. The lowest BCUT2D eigenvalue weighted by Crippen LogP contribution is -2.16. The molecule has 0 aliphatic heterocycles. The third kappa shape index (κ3) is 2.20. The van der Waals surface area contributed by atoms with Crippen LogP contribution in [-0.2, 0) is 0 Å². The number of anilines is 1. The van der Waals surface area contributed by atoms with Crippen molar-refractivity contribution in [3.05, 3.63) is 52.7 Å². The smallest absolute Gasteiger partial charge is 0.280 e. The number of nitrogen functional groups attached to an aromatic ring is 1. The van der Waals surface area contributed by atoms with Crippen LogP contribution in [0.1, 0.15) is 45.9 Å². The first kappa shape index (κ1) is 13.9. The molecule has 1 aliphatic rings. The molecule has 2 heterocycles. The van der Waals surface area contributed by atoms with Gasteiger partial charge in [0, 0.05) is 17.2 Å². The zero-order valence-corrected chi connectivity index (χ0v) is 13.2. The quantitative estimate of drug-likeness (QED) is 0.789. The van der Waals surface area contributed by atoms with Crippen LogP contribution in [0.25, 0.3) is 11.0 Å². The highest BCUT2D eigenvalue weighted by Gasteiger charge is 2.27. The monoisotopic (exact) mass is 306 g/mol. The number of pyridine rings is 1. The van der Waals surface area contributed by atoms with Crippen LogP contribution in [-0.4, -0.2) is 20.7 Å². The predicted octanol–water partition coefficient (Wildman–Crippen LogP) is 3.20. The highest BCUT2D eigenvalue weighted by Crippen LogP contribution is 2.39. The fraction of sp³-hybridized carbons (Fsp3) is 0.278. The summed E-state index contributed by atoms with van der Waals surface area (Å²) < 4.78 is 1.35. The second kappa shape index (κ2) is 4.91. The number of nitrogens with two attached hydrogens (primary N) is 1. The van der Waals surface area contributed by atoms with Crippen molar-refractivity contribution in [2.24, 2.45) is 0 Å². The number of benzene rings is 1. The SMILES string of the molecule is Cc1cccc(C(=O)n2nc(N)c3ccc(C4CC4)nc32)c1C. The van der Waals surface area contributed by atoms with Crippen molar-refractivity contribution in [3.63, 3.8) is 0 Å². The van der Waals surface area contributed by atoms with Gasteiger partial charge in [0.1, 0.15) is 0 Å². The Morgan fingerprint density at radius 1 is 1.22 bits per heavy atom. The van der Waals surface area contributed by atoms with E-state index < -0.39 is 0 Å². The Morgan fingerprint density at radius 3 is 2.74 bits per heavy atom. The maximum Gasteiger partial charge on any atom is 0.280 e. The van der Waals surface area contributed by atoms with E-state index in [9.17, 15) is 4.79 Å². The molecule has 0 amide bonds. The van der Waals surface area contributed by atoms with Gasteiger partial charge in [0.2, 0.25) is 0 Å². The summed E-state index contributed by atoms with van der Waals surface area (Å²) in [5.74, 6) is 0.668. The Morgan fingerprint density at radius 2 is 2.00 bits per heavy atom. The average Bonchev–Trinajstić information content (AvgIpc) is 3.34. The number of carbonyl (C=O) groups excluding carboxylic acids is 1. The van der Waals surface area contributed by atoms with Crippen LogP contribution in [0.3, 0.4) is 0 Å². The van der Waals surface area contributed by atoms with Crippen LogP contribution < -0.4 is 5.73 Å². The lowest BCUT2D eigenvalue weighted by Gasteiger charge is -2.08. The molecule has 1 fully saturated rings. The molecule has 1 aromatic carbocycles. The van der Waals surface area contributed by atoms with Crippen LogP contribution >= 0.6 is 0 Å². The van der Waals surface area contributed by atoms with Gasteiger partial charge in [-0.25, -0.2) is 4.98 Å². The fourth-order valence-electron chi connectivity index (χ4n) is 2.88. The van der Waals surface area contributed by atoms with Gasteiger partial charge in [-0.2, -0.15) is 4.68 Å². The first-order valence-corrected chi connectivity index (χ1v) is 7.82. The molecule has 1 saturated carbocycles. The number of hydrogen-bond acceptors (Lipinski definition) is 4. The normalized spacial score (nSPS) is 14.3. The van der Waals surface area contributed by atoms with Gasteiger partial charge in [-0.15, -0.1) is 5.10 Å². The zero-order valence-electron chi connectivity index (χ0n) is 13.2. The van der Waals surface area contributed by atoms with Crippen LogP contribution in [0.15, 0.2) is 30.3 Å². The van der Waals surface area contributed by atoms with E-state index in [2.05, 4.69) is 10.1 Å². The fourth-order valence-corrected chi connectivity index (χ4v) is 2.88. The summed E-state index contributed by atoms with van der Waals surface area (Å²) in [6.07, 6.45) is 2.32. The molecular formula is C18H18N4O. The molecule has 3 aromatic rings. The number of aryl methyl sites for hydroxylation is 1. The Hall–Kier alpha value is -2.69. The number of rotatable bonds is 2. The predicted molar refractivity (Wildman–Crippen MR) is 89.6 cm³/mol. The van der Waals surface area contributed by atoms with Gasteiger partial charge in [-0.3, -0.25) is 4.79 Å². The van der Waals surface area contributed by atoms with Gasteiger partial charge in [-0.05, 0) is 56.0 Å². The molecule has 1 aliphatic carbocycles. The van der Waals surface area contributed by atoms with Crippen LogP contribution in [0.2, 0.25) is 0 Å². The molecule has 4 rings (SSSR count). The largest absolute Gasteiger partial charge is 0.382 e. The van der Waals surface area contributed by atoms with Crippen LogP contribution in [0.5, 0.6) is 0 Å². The van der Waals surface area contributed by atoms with Crippen molar-refractivity contribution >= 4 is 22.8 Å². The van der Waals surface area contributed by atoms with Gasteiger partial charge in [0.15, 0.2) is 11.5 Å². The molecule has 5 heteroatoms. The van der Waals surface area contributed by atoms with Crippen molar-refractivity contribution in [1.29, 1.82) is 0 Å². The number of carbonyl (C=O) groups is 1. The third-order valence-corrected chi connectivity index (χ3v) is 4.60. The van der Waals surface area contributed by atoms with E-state index in [1.54, 1.807) is 0 Å². The maximum atomic E-state index is 12.9. The topological polar surface area (TPSA) is 73.8 Å². The van der Waals surface area contributed by atoms with E-state index in [-0.39, 0.29) is 5.91 Å². The molecule has 0 atom stereocenters. The first-order chi connectivity index (χ1) is 11.1. The Kier molecular flexibility index (Phi) is 2.98. The molecule has 2 aromatic heterocycles. The summed E-state index contributed by atoms with van der Waals surface area (Å²) in [5, 5.41) is 4.97. The number of aromatic nitrogens is 3. The highest BCUT2D eigenvalue weighted by molar-refractivity contribution is 6.03. The van der Waals surface area contributed by atoms with E-state index in [1.165, 1.54) is 4.68 Å². The van der Waals surface area contributed by atoms with Gasteiger partial charge < -0.3 is 5.73 Å². The van der Waals surface area contributed by atoms with Crippen molar-refractivity contribution in [3.8, 4) is 0 Å². The average molecular weight is 306 g/mol. The second-order valence-electron chi connectivity index (χ2n) is 6.23. The number of nitrogens with zero attached hydrogens (tertiary/aromatic N) is 3. The number of hydrogen-bond donors (Lipinski definition) is 1. The van der Waals surface area contributed by atoms with E-state index in [1.807, 2.05) is 44.2 Å². The minimum absolute atomic E-state index is 0.187. The Labute approximate surface area is 134 Å². The van der Waals surface area contributed by atoms with Gasteiger partial charge in [-0.1, -0.05) is 12.1 Å². The molecule has 116 valence electrons. The third-order valence-electron chi connectivity index (χ3n) is 4.60. The summed E-state index contributed by atoms with van der Waals surface area (Å²) in [4.78, 5) is 17.6. The molecule has 23 heavy (non-hydrogen) atoms. The maximum absolute atomic E-state index is 12.9. The molecule has 0 bridgehead atoms. The molecule has 5 nitrogen and oxygen atoms in total. The van der Waals surface area contributed by atoms with E-state index in [0.717, 1.165) is 35.0 Å². The Balaban J connectivity index is 1.89. The second-order valence-corrected chi connectivity index (χ2v) is 6.23. The highest BCUT2D eigenvalue weighted by atomic mass is 16.2. The summed E-state index contributed by atoms with van der Waals surface area (Å²) in [6, 6.07) is 9.61. The van der Waals surface area contributed by atoms with Crippen molar-refractivity contribution in [1.82, 2.24) is 14.8 Å². The summed E-state index contributed by atoms with van der Waals surface area (Å²) in [5.41, 5.74) is 10.2. The summed E-state index contributed by atoms with van der Waals surface area (Å²) in [7, 11) is 0. The molecular weight excluding hydrogens is 288 g/mol. The first-order valence-electron chi connectivity index (χ1n) is 7.82. The lowest BCUT2D eigenvalue weighted by atomic mass is 10.0. The van der Waals surface area contributed by atoms with Crippen molar-refractivity contribution < 1.29 is 4.79 Å². The van der Waals surface area contributed by atoms with E-state index in [0.29, 0.717) is 22.9 Å². The Bertz CT molecular complexity index is 938. The van der Waals surface area contributed by atoms with Gasteiger partial charge in [0.05, 0.1) is 5.39 Å². The van der Waals surface area contributed by atoms with Gasteiger partial charge >= 0.3 is 0 Å². The van der Waals surface area contributed by atoms with Crippen molar-refractivity contribution in [2.75, 3.05) is 5.73 Å². The lowest BCUT2D eigenvalue weighted by molar-refractivity contribution is 0.0949. The molecule has 0 radical (unpaired) electrons. The summed E-state index contributed by atoms with van der Waals surface area (Å²) >= 11 is 0. The standard InChI is InChI=1S/C18H18N4O/c1-10-4-3-5-13(11(10)2)18(23)22-17-14(16(19)21-22)8-9-15(20-17)12-6-7-12/h3-5,8-9,12H,6-7H2,1-2H3,(H2,19,21). The molecule has 0 spiro atoms. The number of fused-ring (bicyclic) bond motifs is 1. The van der Waals surface area contributed by atoms with E-state index in [4.69, 9.17) is 5.73 Å². The minimum Gasteiger partial charge on any atom is -0.382 e. The summed E-state index contributed by atoms with van der Waals surface area (Å²) in [6.45, 7) is 3.94. The van der Waals surface area contributed by atoms with Crippen LogP contribution in [0.4, 0.5) is 5.82 Å². The molecule has 0 unspecified atom stereocenters. The van der Waals surface area contributed by atoms with E-state index >= 15 is 0 Å². The molecule has 2 N–H and O–H groups in total. The van der Waals surface area contributed by atoms with Gasteiger partial charge in [0.25, 0.3) is 5.91 Å². The molecule has 0 saturated heterocycles. The van der Waals surface area contributed by atoms with Crippen LogP contribution in [0, 0.1) is 13.8 Å². The van der Waals surface area contributed by atoms with Crippen molar-refractivity contribution in [2.45, 2.75) is 32.6 Å².